The van der Waals surface area contributed by atoms with Gasteiger partial charge in [0, 0.05) is 12.3 Å². The van der Waals surface area contributed by atoms with Gasteiger partial charge < -0.3 is 0 Å². The van der Waals surface area contributed by atoms with Crippen molar-refractivity contribution < 1.29 is 4.79 Å². The second-order valence-corrected chi connectivity index (χ2v) is 5.34. The van der Waals surface area contributed by atoms with Gasteiger partial charge in [-0.1, -0.05) is 60.7 Å². The molecular weight excluding hydrogens is 246 g/mol. The van der Waals surface area contributed by atoms with Crippen LogP contribution in [0.3, 0.4) is 0 Å². The van der Waals surface area contributed by atoms with Crippen LogP contribution in [0.15, 0.2) is 60.7 Å². The first kappa shape index (κ1) is 12.6. The number of hydrogen-bond acceptors (Lipinski definition) is 2. The summed E-state index contributed by atoms with van der Waals surface area (Å²) in [6, 6.07) is 21.8. The molecule has 2 nitrogen and oxygen atoms in total. The van der Waals surface area contributed by atoms with Crippen molar-refractivity contribution in [3.8, 4) is 6.07 Å². The highest BCUT2D eigenvalue weighted by atomic mass is 16.1. The molecule has 20 heavy (non-hydrogen) atoms. The third kappa shape index (κ3) is 2.12. The zero-order valence-electron chi connectivity index (χ0n) is 11.1. The largest absolute Gasteiger partial charge is 0.298 e. The quantitative estimate of drug-likeness (QED) is 0.845. The molecule has 0 saturated heterocycles. The average molecular weight is 261 g/mol. The first-order chi connectivity index (χ1) is 9.76. The molecule has 1 aliphatic carbocycles. The molecular formula is C18H15NO. The summed E-state index contributed by atoms with van der Waals surface area (Å²) >= 11 is 0. The van der Waals surface area contributed by atoms with Gasteiger partial charge in [0.2, 0.25) is 0 Å². The molecule has 0 aromatic heterocycles. The van der Waals surface area contributed by atoms with Crippen LogP contribution in [0.5, 0.6) is 0 Å². The van der Waals surface area contributed by atoms with E-state index in [0.717, 1.165) is 11.1 Å². The molecule has 1 aliphatic rings. The Labute approximate surface area is 118 Å². The molecule has 2 aromatic rings. The summed E-state index contributed by atoms with van der Waals surface area (Å²) in [5.74, 6) is 0.102. The Balaban J connectivity index is 1.79. The van der Waals surface area contributed by atoms with Crippen molar-refractivity contribution >= 4 is 5.78 Å². The fourth-order valence-electron chi connectivity index (χ4n) is 2.78. The van der Waals surface area contributed by atoms with Crippen molar-refractivity contribution in [3.63, 3.8) is 0 Å². The molecule has 98 valence electrons. The molecule has 0 spiro atoms. The number of Topliss-reactive ketones (excluding diaryl/α,β-unsaturated/α-hetero) is 1. The van der Waals surface area contributed by atoms with E-state index < -0.39 is 5.41 Å². The number of carbonyl (C=O) groups excluding carboxylic acids is 1. The van der Waals surface area contributed by atoms with Crippen molar-refractivity contribution in [2.45, 2.75) is 18.8 Å². The van der Waals surface area contributed by atoms with Gasteiger partial charge in [0.25, 0.3) is 0 Å². The molecule has 1 saturated carbocycles. The molecule has 1 unspecified atom stereocenters. The summed E-state index contributed by atoms with van der Waals surface area (Å²) in [5.41, 5.74) is 1.26. The summed E-state index contributed by atoms with van der Waals surface area (Å²) in [6.07, 6.45) is 0.997. The van der Waals surface area contributed by atoms with E-state index in [-0.39, 0.29) is 11.7 Å². The van der Waals surface area contributed by atoms with E-state index in [1.807, 2.05) is 60.7 Å². The maximum atomic E-state index is 12.5. The van der Waals surface area contributed by atoms with Gasteiger partial charge in [-0.25, -0.2) is 0 Å². The van der Waals surface area contributed by atoms with Crippen molar-refractivity contribution in [2.75, 3.05) is 0 Å². The fraction of sp³-hybridized carbons (Fsp3) is 0.222. The number of benzene rings is 2. The fourth-order valence-corrected chi connectivity index (χ4v) is 2.78. The number of nitrogens with zero attached hydrogens (tertiary/aromatic N) is 1. The Hall–Kier alpha value is -2.40. The SMILES string of the molecule is N#C[C@@]1(C(=O)Cc2ccccc2)CC1c1ccccc1. The summed E-state index contributed by atoms with van der Waals surface area (Å²) in [7, 11) is 0. The van der Waals surface area contributed by atoms with Crippen LogP contribution in [0.2, 0.25) is 0 Å². The lowest BCUT2D eigenvalue weighted by molar-refractivity contribution is -0.121. The summed E-state index contributed by atoms with van der Waals surface area (Å²) in [5, 5.41) is 9.47. The van der Waals surface area contributed by atoms with Crippen molar-refractivity contribution in [1.29, 1.82) is 5.26 Å². The van der Waals surface area contributed by atoms with Gasteiger partial charge in [-0.05, 0) is 17.5 Å². The highest BCUT2D eigenvalue weighted by Crippen LogP contribution is 2.59. The van der Waals surface area contributed by atoms with Crippen molar-refractivity contribution in [2.24, 2.45) is 5.41 Å². The van der Waals surface area contributed by atoms with E-state index in [1.54, 1.807) is 0 Å². The topological polar surface area (TPSA) is 40.9 Å². The van der Waals surface area contributed by atoms with Crippen LogP contribution < -0.4 is 0 Å². The monoisotopic (exact) mass is 261 g/mol. The number of carbonyl (C=O) groups is 1. The van der Waals surface area contributed by atoms with Crippen molar-refractivity contribution in [1.82, 2.24) is 0 Å². The van der Waals surface area contributed by atoms with Crippen molar-refractivity contribution in [3.05, 3.63) is 71.8 Å². The first-order valence-corrected chi connectivity index (χ1v) is 6.80. The van der Waals surface area contributed by atoms with Crippen LogP contribution in [0.25, 0.3) is 0 Å². The average Bonchev–Trinajstić information content (AvgIpc) is 3.25. The van der Waals surface area contributed by atoms with E-state index in [9.17, 15) is 10.1 Å². The number of ketones is 1. The Bertz CT molecular complexity index is 657. The normalized spacial score (nSPS) is 23.9. The Morgan fingerprint density at radius 2 is 1.70 bits per heavy atom. The van der Waals surface area contributed by atoms with Crippen LogP contribution in [-0.4, -0.2) is 5.78 Å². The molecule has 1 fully saturated rings. The zero-order chi connectivity index (χ0) is 14.0. The number of nitriles is 1. The molecule has 2 atom stereocenters. The van der Waals surface area contributed by atoms with Gasteiger partial charge >= 0.3 is 0 Å². The summed E-state index contributed by atoms with van der Waals surface area (Å²) < 4.78 is 0. The Morgan fingerprint density at radius 3 is 2.30 bits per heavy atom. The molecule has 0 bridgehead atoms. The number of hydrogen-bond donors (Lipinski definition) is 0. The highest BCUT2D eigenvalue weighted by Gasteiger charge is 2.60. The molecule has 2 aromatic carbocycles. The van der Waals surface area contributed by atoms with Gasteiger partial charge in [-0.3, -0.25) is 4.79 Å². The van der Waals surface area contributed by atoms with Crippen LogP contribution in [0.4, 0.5) is 0 Å². The third-order valence-corrected chi connectivity index (χ3v) is 4.07. The smallest absolute Gasteiger partial charge is 0.158 e. The minimum atomic E-state index is -0.808. The van der Waals surface area contributed by atoms with Crippen LogP contribution in [-0.2, 0) is 11.2 Å². The third-order valence-electron chi connectivity index (χ3n) is 4.07. The first-order valence-electron chi connectivity index (χ1n) is 6.80. The van der Waals surface area contributed by atoms with Gasteiger partial charge in [0.15, 0.2) is 5.78 Å². The van der Waals surface area contributed by atoms with Gasteiger partial charge in [0.05, 0.1) is 6.07 Å². The van der Waals surface area contributed by atoms with Crippen LogP contribution in [0, 0.1) is 16.7 Å². The second kappa shape index (κ2) is 4.94. The van der Waals surface area contributed by atoms with E-state index in [0.29, 0.717) is 12.8 Å². The lowest BCUT2D eigenvalue weighted by Crippen LogP contribution is -2.18. The Morgan fingerprint density at radius 1 is 1.10 bits per heavy atom. The molecule has 0 amide bonds. The molecule has 0 radical (unpaired) electrons. The maximum absolute atomic E-state index is 12.5. The highest BCUT2D eigenvalue weighted by molar-refractivity contribution is 5.93. The maximum Gasteiger partial charge on any atom is 0.158 e. The Kier molecular flexibility index (Phi) is 3.12. The molecule has 0 heterocycles. The summed E-state index contributed by atoms with van der Waals surface area (Å²) in [4.78, 5) is 12.5. The molecule has 2 heteroatoms. The van der Waals surface area contributed by atoms with Gasteiger partial charge in [-0.15, -0.1) is 0 Å². The predicted octanol–water partition coefficient (Wildman–Crippen LogP) is 3.50. The van der Waals surface area contributed by atoms with Gasteiger partial charge in [0.1, 0.15) is 5.41 Å². The summed E-state index contributed by atoms with van der Waals surface area (Å²) in [6.45, 7) is 0. The van der Waals surface area contributed by atoms with Crippen LogP contribution >= 0.6 is 0 Å². The van der Waals surface area contributed by atoms with E-state index in [2.05, 4.69) is 6.07 Å². The number of rotatable bonds is 4. The molecule has 0 N–H and O–H groups in total. The lowest BCUT2D eigenvalue weighted by atomic mass is 9.92. The standard InChI is InChI=1S/C18H15NO/c19-13-18(12-16(18)15-9-5-2-6-10-15)17(20)11-14-7-3-1-4-8-14/h1-10,16H,11-12H2/t16?,18-/m0/s1. The van der Waals surface area contributed by atoms with E-state index in [1.165, 1.54) is 0 Å². The van der Waals surface area contributed by atoms with E-state index >= 15 is 0 Å². The lowest BCUT2D eigenvalue weighted by Gasteiger charge is -2.08. The van der Waals surface area contributed by atoms with Crippen LogP contribution in [0.1, 0.15) is 23.5 Å². The minimum absolute atomic E-state index is 0.0417. The van der Waals surface area contributed by atoms with Gasteiger partial charge in [-0.2, -0.15) is 5.26 Å². The minimum Gasteiger partial charge on any atom is -0.298 e. The predicted molar refractivity (Wildman–Crippen MR) is 77.0 cm³/mol. The second-order valence-electron chi connectivity index (χ2n) is 5.34. The zero-order valence-corrected chi connectivity index (χ0v) is 11.1. The molecule has 3 rings (SSSR count). The molecule has 0 aliphatic heterocycles. The van der Waals surface area contributed by atoms with E-state index in [4.69, 9.17) is 0 Å².